The second kappa shape index (κ2) is 5.01. The van der Waals surface area contributed by atoms with Crippen LogP contribution >= 0.6 is 0 Å². The van der Waals surface area contributed by atoms with Crippen LogP contribution in [0.2, 0.25) is 0 Å². The molecule has 1 aliphatic carbocycles. The molecule has 0 spiro atoms. The maximum atomic E-state index is 10.8. The number of carboxylic acids is 1. The van der Waals surface area contributed by atoms with Gasteiger partial charge in [-0.1, -0.05) is 6.07 Å². The van der Waals surface area contributed by atoms with E-state index in [1.54, 1.807) is 7.11 Å². The first kappa shape index (κ1) is 12.9. The molecule has 18 heavy (non-hydrogen) atoms. The number of rotatable bonds is 5. The van der Waals surface area contributed by atoms with Crippen LogP contribution in [0.1, 0.15) is 29.5 Å². The first-order valence-corrected chi connectivity index (χ1v) is 6.40. The molecule has 3 heteroatoms. The second-order valence-corrected chi connectivity index (χ2v) is 5.23. The van der Waals surface area contributed by atoms with E-state index in [0.29, 0.717) is 5.92 Å². The molecule has 1 fully saturated rings. The van der Waals surface area contributed by atoms with Gasteiger partial charge in [-0.2, -0.15) is 0 Å². The van der Waals surface area contributed by atoms with Gasteiger partial charge in [0.05, 0.1) is 13.0 Å². The molecule has 0 radical (unpaired) electrons. The highest BCUT2D eigenvalue weighted by atomic mass is 16.5. The number of carbonyl (C=O) groups is 1. The minimum absolute atomic E-state index is 0.0929. The van der Waals surface area contributed by atoms with Crippen molar-refractivity contribution in [1.82, 2.24) is 0 Å². The summed E-state index contributed by atoms with van der Waals surface area (Å²) in [4.78, 5) is 10.8. The Hall–Kier alpha value is -1.51. The second-order valence-electron chi connectivity index (χ2n) is 5.23. The molecule has 0 aliphatic heterocycles. The molecule has 0 aromatic heterocycles. The van der Waals surface area contributed by atoms with Gasteiger partial charge in [-0.15, -0.1) is 0 Å². The Morgan fingerprint density at radius 3 is 2.67 bits per heavy atom. The van der Waals surface area contributed by atoms with Crippen molar-refractivity contribution in [3.05, 3.63) is 28.8 Å². The number of benzene rings is 1. The van der Waals surface area contributed by atoms with Crippen molar-refractivity contribution in [2.75, 3.05) is 7.11 Å². The summed E-state index contributed by atoms with van der Waals surface area (Å²) in [7, 11) is 1.68. The van der Waals surface area contributed by atoms with Gasteiger partial charge in [0.2, 0.25) is 0 Å². The number of hydrogen-bond acceptors (Lipinski definition) is 2. The van der Waals surface area contributed by atoms with Gasteiger partial charge in [-0.25, -0.2) is 0 Å². The maximum absolute atomic E-state index is 10.8. The fraction of sp³-hybridized carbons (Fsp3) is 0.533. The zero-order valence-electron chi connectivity index (χ0n) is 11.2. The van der Waals surface area contributed by atoms with E-state index in [4.69, 9.17) is 9.84 Å². The topological polar surface area (TPSA) is 46.5 Å². The third-order valence-corrected chi connectivity index (χ3v) is 3.88. The van der Waals surface area contributed by atoms with Crippen LogP contribution in [-0.2, 0) is 11.2 Å². The monoisotopic (exact) mass is 248 g/mol. The Morgan fingerprint density at radius 2 is 2.11 bits per heavy atom. The van der Waals surface area contributed by atoms with Gasteiger partial charge >= 0.3 is 5.97 Å². The van der Waals surface area contributed by atoms with Gasteiger partial charge in [0, 0.05) is 0 Å². The number of ether oxygens (including phenoxy) is 1. The lowest BCUT2D eigenvalue weighted by Crippen LogP contribution is -2.01. The van der Waals surface area contributed by atoms with Gasteiger partial charge in [0.15, 0.2) is 0 Å². The van der Waals surface area contributed by atoms with E-state index in [9.17, 15) is 4.79 Å². The molecule has 1 aromatic carbocycles. The summed E-state index contributed by atoms with van der Waals surface area (Å²) in [6, 6.07) is 4.22. The molecule has 1 N–H and O–H groups in total. The summed E-state index contributed by atoms with van der Waals surface area (Å²) < 4.78 is 5.29. The Bertz CT molecular complexity index is 465. The quantitative estimate of drug-likeness (QED) is 0.871. The van der Waals surface area contributed by atoms with Crippen molar-refractivity contribution in [3.63, 3.8) is 0 Å². The predicted octanol–water partition coefficient (Wildman–Crippen LogP) is 2.97. The molecule has 0 bridgehead atoms. The highest BCUT2D eigenvalue weighted by molar-refractivity contribution is 5.73. The predicted molar refractivity (Wildman–Crippen MR) is 70.0 cm³/mol. The van der Waals surface area contributed by atoms with E-state index < -0.39 is 5.97 Å². The summed E-state index contributed by atoms with van der Waals surface area (Å²) in [6.07, 6.45) is 2.79. The first-order valence-electron chi connectivity index (χ1n) is 6.40. The Morgan fingerprint density at radius 1 is 1.39 bits per heavy atom. The van der Waals surface area contributed by atoms with Gasteiger partial charge in [-0.05, 0) is 61.8 Å². The Kier molecular flexibility index (Phi) is 3.60. The average molecular weight is 248 g/mol. The molecule has 0 saturated heterocycles. The molecular formula is C15H20O3. The number of aliphatic carboxylic acids is 1. The van der Waals surface area contributed by atoms with Crippen molar-refractivity contribution in [1.29, 1.82) is 0 Å². The van der Waals surface area contributed by atoms with Crippen LogP contribution in [0.3, 0.4) is 0 Å². The summed E-state index contributed by atoms with van der Waals surface area (Å²) in [5.74, 6) is 0.572. The summed E-state index contributed by atoms with van der Waals surface area (Å²) in [6.45, 7) is 4.12. The van der Waals surface area contributed by atoms with Crippen molar-refractivity contribution < 1.29 is 14.6 Å². The van der Waals surface area contributed by atoms with Crippen molar-refractivity contribution >= 4 is 5.97 Å². The number of methoxy groups -OCH3 is 1. The number of hydrogen-bond donors (Lipinski definition) is 1. The van der Waals surface area contributed by atoms with Crippen molar-refractivity contribution in [2.45, 2.75) is 33.1 Å². The number of carboxylic acid groups (broad SMARTS) is 1. The van der Waals surface area contributed by atoms with E-state index in [1.807, 2.05) is 6.92 Å². The summed E-state index contributed by atoms with van der Waals surface area (Å²) in [5, 5.41) is 8.87. The smallest absolute Gasteiger partial charge is 0.306 e. The van der Waals surface area contributed by atoms with E-state index in [-0.39, 0.29) is 5.92 Å². The summed E-state index contributed by atoms with van der Waals surface area (Å²) in [5.41, 5.74) is 3.68. The molecule has 0 heterocycles. The SMILES string of the molecule is COc1cc(C)c(CCC2CC2C(=O)O)cc1C. The lowest BCUT2D eigenvalue weighted by molar-refractivity contribution is -0.138. The Balaban J connectivity index is 1.98. The third kappa shape index (κ3) is 2.66. The molecule has 3 nitrogen and oxygen atoms in total. The largest absolute Gasteiger partial charge is 0.496 e. The van der Waals surface area contributed by atoms with E-state index in [1.165, 1.54) is 11.1 Å². The zero-order valence-corrected chi connectivity index (χ0v) is 11.2. The maximum Gasteiger partial charge on any atom is 0.306 e. The minimum Gasteiger partial charge on any atom is -0.496 e. The van der Waals surface area contributed by atoms with Crippen molar-refractivity contribution in [2.24, 2.45) is 11.8 Å². The van der Waals surface area contributed by atoms with E-state index in [0.717, 1.165) is 30.6 Å². The standard InChI is InChI=1S/C15H20O3/c1-9-7-14(18-3)10(2)6-11(9)4-5-12-8-13(12)15(16)17/h6-7,12-13H,4-5,8H2,1-3H3,(H,16,17). The zero-order chi connectivity index (χ0) is 13.3. The van der Waals surface area contributed by atoms with E-state index >= 15 is 0 Å². The van der Waals surface area contributed by atoms with Gasteiger partial charge < -0.3 is 9.84 Å². The lowest BCUT2D eigenvalue weighted by atomic mass is 9.99. The molecular weight excluding hydrogens is 228 g/mol. The molecule has 1 aliphatic rings. The van der Waals surface area contributed by atoms with E-state index in [2.05, 4.69) is 19.1 Å². The molecule has 2 rings (SSSR count). The van der Waals surface area contributed by atoms with Gasteiger partial charge in [0.25, 0.3) is 0 Å². The normalized spacial score (nSPS) is 21.7. The Labute approximate surface area is 108 Å². The van der Waals surface area contributed by atoms with Crippen LogP contribution in [0.25, 0.3) is 0 Å². The van der Waals surface area contributed by atoms with Crippen LogP contribution in [-0.4, -0.2) is 18.2 Å². The van der Waals surface area contributed by atoms with Crippen LogP contribution in [0.15, 0.2) is 12.1 Å². The first-order chi connectivity index (χ1) is 8.52. The molecule has 1 saturated carbocycles. The van der Waals surface area contributed by atoms with Crippen LogP contribution in [0, 0.1) is 25.7 Å². The number of aryl methyl sites for hydroxylation is 3. The average Bonchev–Trinajstić information content (AvgIpc) is 3.09. The van der Waals surface area contributed by atoms with Crippen molar-refractivity contribution in [3.8, 4) is 5.75 Å². The highest BCUT2D eigenvalue weighted by Crippen LogP contribution is 2.42. The lowest BCUT2D eigenvalue weighted by Gasteiger charge is -2.11. The van der Waals surface area contributed by atoms with Gasteiger partial charge in [-0.3, -0.25) is 4.79 Å². The third-order valence-electron chi connectivity index (χ3n) is 3.88. The fourth-order valence-corrected chi connectivity index (χ4v) is 2.55. The van der Waals surface area contributed by atoms with Crippen LogP contribution in [0.4, 0.5) is 0 Å². The van der Waals surface area contributed by atoms with Gasteiger partial charge in [0.1, 0.15) is 5.75 Å². The molecule has 1 aromatic rings. The molecule has 98 valence electrons. The fourth-order valence-electron chi connectivity index (χ4n) is 2.55. The molecule has 0 amide bonds. The molecule has 2 unspecified atom stereocenters. The molecule has 2 atom stereocenters. The minimum atomic E-state index is -0.636. The van der Waals surface area contributed by atoms with Crippen LogP contribution in [0.5, 0.6) is 5.75 Å². The van der Waals surface area contributed by atoms with Crippen LogP contribution < -0.4 is 4.74 Å². The highest BCUT2D eigenvalue weighted by Gasteiger charge is 2.42. The summed E-state index contributed by atoms with van der Waals surface area (Å²) >= 11 is 0.